The summed E-state index contributed by atoms with van der Waals surface area (Å²) in [7, 11) is 0. The molecule has 0 saturated heterocycles. The number of aryl methyl sites for hydroxylation is 1. The SMILES string of the molecule is CCCC[C@H]1CC[C@H](C2CC=C(CCc3ccc(F)cc3)CC2)CC1. The fraction of sp³-hybridized carbons (Fsp3) is 0.667. The van der Waals surface area contributed by atoms with Crippen LogP contribution >= 0.6 is 0 Å². The van der Waals surface area contributed by atoms with Crippen LogP contribution in [0.3, 0.4) is 0 Å². The zero-order chi connectivity index (χ0) is 17.5. The van der Waals surface area contributed by atoms with Crippen LogP contribution in [-0.2, 0) is 6.42 Å². The third-order valence-electron chi connectivity index (χ3n) is 6.72. The quantitative estimate of drug-likeness (QED) is 0.450. The van der Waals surface area contributed by atoms with Crippen LogP contribution in [0.4, 0.5) is 4.39 Å². The average molecular weight is 343 g/mol. The van der Waals surface area contributed by atoms with Gasteiger partial charge in [0, 0.05) is 0 Å². The van der Waals surface area contributed by atoms with E-state index in [-0.39, 0.29) is 5.82 Å². The first kappa shape index (κ1) is 18.7. The maximum absolute atomic E-state index is 13.0. The first-order valence-corrected chi connectivity index (χ1v) is 10.7. The minimum absolute atomic E-state index is 0.132. The van der Waals surface area contributed by atoms with Crippen molar-refractivity contribution in [3.63, 3.8) is 0 Å². The van der Waals surface area contributed by atoms with Crippen molar-refractivity contribution in [2.45, 2.75) is 84.0 Å². The molecule has 138 valence electrons. The third kappa shape index (κ3) is 5.69. The van der Waals surface area contributed by atoms with Crippen molar-refractivity contribution in [1.29, 1.82) is 0 Å². The molecule has 1 atom stereocenters. The summed E-state index contributed by atoms with van der Waals surface area (Å²) in [6.07, 6.45) is 19.0. The first-order valence-electron chi connectivity index (χ1n) is 10.7. The van der Waals surface area contributed by atoms with Gasteiger partial charge in [-0.15, -0.1) is 0 Å². The summed E-state index contributed by atoms with van der Waals surface area (Å²) >= 11 is 0. The second kappa shape index (κ2) is 9.55. The maximum atomic E-state index is 13.0. The third-order valence-corrected chi connectivity index (χ3v) is 6.72. The van der Waals surface area contributed by atoms with Gasteiger partial charge in [0.05, 0.1) is 0 Å². The highest BCUT2D eigenvalue weighted by Gasteiger charge is 2.28. The standard InChI is InChI=1S/C24H35F/c1-2-3-4-19-7-13-22(14-8-19)23-15-9-20(10-16-23)5-6-21-11-17-24(25)18-12-21/h9,11-12,17-19,22-23H,2-8,10,13-16H2,1H3/t19-,22-,23?. The van der Waals surface area contributed by atoms with E-state index in [4.69, 9.17) is 0 Å². The van der Waals surface area contributed by atoms with Gasteiger partial charge in [-0.2, -0.15) is 0 Å². The maximum Gasteiger partial charge on any atom is 0.123 e. The summed E-state index contributed by atoms with van der Waals surface area (Å²) in [5.41, 5.74) is 2.90. The van der Waals surface area contributed by atoms with E-state index in [0.717, 1.165) is 30.6 Å². The van der Waals surface area contributed by atoms with E-state index in [1.165, 1.54) is 69.8 Å². The molecule has 1 aromatic carbocycles. The number of allylic oxidation sites excluding steroid dienone is 2. The molecule has 1 aromatic rings. The summed E-state index contributed by atoms with van der Waals surface area (Å²) < 4.78 is 13.0. The summed E-state index contributed by atoms with van der Waals surface area (Å²) in [6.45, 7) is 2.31. The smallest absolute Gasteiger partial charge is 0.123 e. The van der Waals surface area contributed by atoms with Crippen LogP contribution in [0.1, 0.15) is 83.1 Å². The van der Waals surface area contributed by atoms with E-state index in [9.17, 15) is 4.39 Å². The Morgan fingerprint density at radius 3 is 2.32 bits per heavy atom. The van der Waals surface area contributed by atoms with Gasteiger partial charge in [-0.05, 0) is 80.4 Å². The van der Waals surface area contributed by atoms with Crippen LogP contribution in [0.25, 0.3) is 0 Å². The molecule has 3 rings (SSSR count). The molecule has 0 heterocycles. The average Bonchev–Trinajstić information content (AvgIpc) is 2.67. The summed E-state index contributed by atoms with van der Waals surface area (Å²) in [5.74, 6) is 2.84. The lowest BCUT2D eigenvalue weighted by atomic mass is 9.70. The zero-order valence-corrected chi connectivity index (χ0v) is 16.0. The molecule has 1 fully saturated rings. The Morgan fingerprint density at radius 1 is 0.920 bits per heavy atom. The normalized spacial score (nSPS) is 27.1. The second-order valence-corrected chi connectivity index (χ2v) is 8.45. The molecule has 0 aromatic heterocycles. The molecule has 0 nitrogen and oxygen atoms in total. The highest BCUT2D eigenvalue weighted by molar-refractivity contribution is 5.18. The Kier molecular flexibility index (Phi) is 7.13. The van der Waals surface area contributed by atoms with E-state index >= 15 is 0 Å². The van der Waals surface area contributed by atoms with Crippen molar-refractivity contribution in [2.24, 2.45) is 17.8 Å². The highest BCUT2D eigenvalue weighted by atomic mass is 19.1. The lowest BCUT2D eigenvalue weighted by Gasteiger charge is -2.35. The van der Waals surface area contributed by atoms with Gasteiger partial charge in [-0.25, -0.2) is 4.39 Å². The van der Waals surface area contributed by atoms with Gasteiger partial charge in [-0.3, -0.25) is 0 Å². The minimum atomic E-state index is -0.132. The Morgan fingerprint density at radius 2 is 1.68 bits per heavy atom. The molecular formula is C24H35F. The number of benzene rings is 1. The van der Waals surface area contributed by atoms with Crippen LogP contribution in [0.2, 0.25) is 0 Å². The van der Waals surface area contributed by atoms with Crippen molar-refractivity contribution in [3.8, 4) is 0 Å². The van der Waals surface area contributed by atoms with Crippen LogP contribution in [-0.4, -0.2) is 0 Å². The first-order chi connectivity index (χ1) is 12.2. The summed E-state index contributed by atoms with van der Waals surface area (Å²) in [6, 6.07) is 7.02. The number of halogens is 1. The van der Waals surface area contributed by atoms with Crippen molar-refractivity contribution in [1.82, 2.24) is 0 Å². The molecule has 1 unspecified atom stereocenters. The Labute approximate surface area is 153 Å². The Balaban J connectivity index is 1.39. The lowest BCUT2D eigenvalue weighted by molar-refractivity contribution is 0.185. The highest BCUT2D eigenvalue weighted by Crippen LogP contribution is 2.41. The number of rotatable bonds is 7. The van der Waals surface area contributed by atoms with Gasteiger partial charge >= 0.3 is 0 Å². The van der Waals surface area contributed by atoms with E-state index in [0.29, 0.717) is 0 Å². The van der Waals surface area contributed by atoms with Crippen molar-refractivity contribution >= 4 is 0 Å². The molecule has 0 radical (unpaired) electrons. The van der Waals surface area contributed by atoms with Gasteiger partial charge in [0.2, 0.25) is 0 Å². The topological polar surface area (TPSA) is 0 Å². The predicted molar refractivity (Wildman–Crippen MR) is 105 cm³/mol. The van der Waals surface area contributed by atoms with E-state index in [2.05, 4.69) is 13.0 Å². The van der Waals surface area contributed by atoms with Crippen LogP contribution in [0.15, 0.2) is 35.9 Å². The number of unbranched alkanes of at least 4 members (excludes halogenated alkanes) is 1. The molecule has 0 aliphatic heterocycles. The molecule has 0 amide bonds. The van der Waals surface area contributed by atoms with Crippen LogP contribution < -0.4 is 0 Å². The molecule has 2 aliphatic rings. The molecule has 25 heavy (non-hydrogen) atoms. The van der Waals surface area contributed by atoms with Gasteiger partial charge < -0.3 is 0 Å². The van der Waals surface area contributed by atoms with Crippen molar-refractivity contribution in [2.75, 3.05) is 0 Å². The fourth-order valence-corrected chi connectivity index (χ4v) is 4.96. The Bertz CT molecular complexity index is 534. The summed E-state index contributed by atoms with van der Waals surface area (Å²) in [4.78, 5) is 0. The fourth-order valence-electron chi connectivity index (χ4n) is 4.96. The largest absolute Gasteiger partial charge is 0.207 e. The minimum Gasteiger partial charge on any atom is -0.207 e. The number of hydrogen-bond donors (Lipinski definition) is 0. The molecule has 1 heteroatoms. The number of hydrogen-bond acceptors (Lipinski definition) is 0. The summed E-state index contributed by atoms with van der Waals surface area (Å²) in [5, 5.41) is 0. The molecular weight excluding hydrogens is 307 g/mol. The second-order valence-electron chi connectivity index (χ2n) is 8.45. The molecule has 2 aliphatic carbocycles. The van der Waals surface area contributed by atoms with Gasteiger partial charge in [0.25, 0.3) is 0 Å². The van der Waals surface area contributed by atoms with Gasteiger partial charge in [0.1, 0.15) is 5.82 Å². The van der Waals surface area contributed by atoms with Crippen LogP contribution in [0.5, 0.6) is 0 Å². The molecule has 1 saturated carbocycles. The van der Waals surface area contributed by atoms with E-state index < -0.39 is 0 Å². The molecule has 0 N–H and O–H groups in total. The monoisotopic (exact) mass is 342 g/mol. The van der Waals surface area contributed by atoms with Gasteiger partial charge in [0.15, 0.2) is 0 Å². The van der Waals surface area contributed by atoms with Crippen molar-refractivity contribution in [3.05, 3.63) is 47.3 Å². The van der Waals surface area contributed by atoms with Crippen LogP contribution in [0, 0.1) is 23.6 Å². The van der Waals surface area contributed by atoms with E-state index in [1.807, 2.05) is 12.1 Å². The Hall–Kier alpha value is -1.11. The van der Waals surface area contributed by atoms with Crippen molar-refractivity contribution < 1.29 is 4.39 Å². The lowest BCUT2D eigenvalue weighted by Crippen LogP contribution is -2.23. The molecule has 0 bridgehead atoms. The van der Waals surface area contributed by atoms with Gasteiger partial charge in [-0.1, -0.05) is 62.8 Å². The van der Waals surface area contributed by atoms with E-state index in [1.54, 1.807) is 17.7 Å². The molecule has 0 spiro atoms. The zero-order valence-electron chi connectivity index (χ0n) is 16.0. The predicted octanol–water partition coefficient (Wildman–Crippen LogP) is 7.48.